The molecular weight excluding hydrogens is 249 g/mol. The van der Waals surface area contributed by atoms with Crippen molar-refractivity contribution in [2.45, 2.75) is 6.54 Å². The van der Waals surface area contributed by atoms with Crippen LogP contribution in [0.1, 0.15) is 11.1 Å². The van der Waals surface area contributed by atoms with Crippen LogP contribution in [-0.4, -0.2) is 0 Å². The second-order valence-corrected chi connectivity index (χ2v) is 4.22. The summed E-state index contributed by atoms with van der Waals surface area (Å²) in [7, 11) is 0. The van der Waals surface area contributed by atoms with Crippen LogP contribution < -0.4 is 5.32 Å². The van der Waals surface area contributed by atoms with E-state index in [0.29, 0.717) is 17.1 Å². The van der Waals surface area contributed by atoms with E-state index in [9.17, 15) is 4.39 Å². The van der Waals surface area contributed by atoms with Crippen molar-refractivity contribution in [3.8, 4) is 12.3 Å². The fourth-order valence-corrected chi connectivity index (χ4v) is 1.78. The highest BCUT2D eigenvalue weighted by Crippen LogP contribution is 2.19. The smallest absolute Gasteiger partial charge is 0.123 e. The first-order chi connectivity index (χ1) is 8.69. The van der Waals surface area contributed by atoms with Crippen molar-refractivity contribution in [2.24, 2.45) is 0 Å². The Labute approximate surface area is 111 Å². The van der Waals surface area contributed by atoms with Crippen molar-refractivity contribution in [1.29, 1.82) is 0 Å². The third kappa shape index (κ3) is 3.03. The van der Waals surface area contributed by atoms with E-state index < -0.39 is 0 Å². The standard InChI is InChI=1S/C15H11ClFN/c1-2-11-4-3-5-14(8-11)18-10-12-9-13(17)6-7-15(12)16/h1,3-9,18H,10H2. The minimum absolute atomic E-state index is 0.298. The molecule has 0 saturated heterocycles. The number of rotatable bonds is 3. The third-order valence-corrected chi connectivity index (χ3v) is 2.89. The lowest BCUT2D eigenvalue weighted by molar-refractivity contribution is 0.626. The van der Waals surface area contributed by atoms with Gasteiger partial charge in [-0.15, -0.1) is 6.42 Å². The van der Waals surface area contributed by atoms with Gasteiger partial charge >= 0.3 is 0 Å². The van der Waals surface area contributed by atoms with Crippen LogP contribution in [0.5, 0.6) is 0 Å². The monoisotopic (exact) mass is 259 g/mol. The van der Waals surface area contributed by atoms with Crippen molar-refractivity contribution in [3.63, 3.8) is 0 Å². The second-order valence-electron chi connectivity index (χ2n) is 3.81. The second kappa shape index (κ2) is 5.57. The van der Waals surface area contributed by atoms with Gasteiger partial charge in [-0.2, -0.15) is 0 Å². The van der Waals surface area contributed by atoms with Crippen molar-refractivity contribution >= 4 is 17.3 Å². The van der Waals surface area contributed by atoms with E-state index in [4.69, 9.17) is 18.0 Å². The maximum atomic E-state index is 13.1. The zero-order valence-corrected chi connectivity index (χ0v) is 10.3. The van der Waals surface area contributed by atoms with Gasteiger partial charge < -0.3 is 5.32 Å². The maximum Gasteiger partial charge on any atom is 0.123 e. The lowest BCUT2D eigenvalue weighted by atomic mass is 10.2. The average Bonchev–Trinajstić information content (AvgIpc) is 2.40. The van der Waals surface area contributed by atoms with Gasteiger partial charge in [0.25, 0.3) is 0 Å². The first-order valence-electron chi connectivity index (χ1n) is 5.43. The van der Waals surface area contributed by atoms with Crippen molar-refractivity contribution in [2.75, 3.05) is 5.32 Å². The minimum atomic E-state index is -0.298. The van der Waals surface area contributed by atoms with Gasteiger partial charge in [0.05, 0.1) is 0 Å². The zero-order chi connectivity index (χ0) is 13.0. The number of anilines is 1. The molecule has 2 aromatic carbocycles. The number of halogens is 2. The number of benzene rings is 2. The molecule has 2 rings (SSSR count). The molecule has 0 atom stereocenters. The lowest BCUT2D eigenvalue weighted by Crippen LogP contribution is -2.00. The quantitative estimate of drug-likeness (QED) is 0.820. The largest absolute Gasteiger partial charge is 0.381 e. The molecule has 0 heterocycles. The van der Waals surface area contributed by atoms with Gasteiger partial charge in [0.1, 0.15) is 5.82 Å². The Balaban J connectivity index is 2.11. The van der Waals surface area contributed by atoms with E-state index >= 15 is 0 Å². The fourth-order valence-electron chi connectivity index (χ4n) is 1.60. The van der Waals surface area contributed by atoms with Gasteiger partial charge in [0, 0.05) is 22.8 Å². The number of hydrogen-bond donors (Lipinski definition) is 1. The molecule has 18 heavy (non-hydrogen) atoms. The molecule has 1 N–H and O–H groups in total. The SMILES string of the molecule is C#Cc1cccc(NCc2cc(F)ccc2Cl)c1. The molecule has 0 aliphatic carbocycles. The van der Waals surface area contributed by atoms with Gasteiger partial charge in [0.2, 0.25) is 0 Å². The minimum Gasteiger partial charge on any atom is -0.381 e. The Bertz CT molecular complexity index is 602. The summed E-state index contributed by atoms with van der Waals surface area (Å²) in [4.78, 5) is 0. The number of nitrogens with one attached hydrogen (secondary N) is 1. The Kier molecular flexibility index (Phi) is 3.86. The van der Waals surface area contributed by atoms with E-state index in [2.05, 4.69) is 11.2 Å². The van der Waals surface area contributed by atoms with Gasteiger partial charge in [-0.1, -0.05) is 23.6 Å². The van der Waals surface area contributed by atoms with E-state index in [0.717, 1.165) is 11.3 Å². The van der Waals surface area contributed by atoms with Crippen LogP contribution in [0.2, 0.25) is 5.02 Å². The van der Waals surface area contributed by atoms with Crippen LogP contribution in [0.25, 0.3) is 0 Å². The summed E-state index contributed by atoms with van der Waals surface area (Å²) in [6.07, 6.45) is 5.32. The predicted molar refractivity (Wildman–Crippen MR) is 73.1 cm³/mol. The molecule has 0 aromatic heterocycles. The Hall–Kier alpha value is -1.98. The first-order valence-corrected chi connectivity index (χ1v) is 5.81. The summed E-state index contributed by atoms with van der Waals surface area (Å²) in [5.74, 6) is 2.26. The average molecular weight is 260 g/mol. The maximum absolute atomic E-state index is 13.1. The molecule has 3 heteroatoms. The summed E-state index contributed by atoms with van der Waals surface area (Å²) < 4.78 is 13.1. The molecule has 0 amide bonds. The Morgan fingerprint density at radius 2 is 2.06 bits per heavy atom. The highest BCUT2D eigenvalue weighted by Gasteiger charge is 2.02. The summed E-state index contributed by atoms with van der Waals surface area (Å²) >= 11 is 5.98. The molecule has 2 aromatic rings. The van der Waals surface area contributed by atoms with E-state index in [1.165, 1.54) is 12.1 Å². The third-order valence-electron chi connectivity index (χ3n) is 2.52. The molecule has 90 valence electrons. The summed E-state index contributed by atoms with van der Waals surface area (Å²) in [5.41, 5.74) is 2.39. The molecule has 1 nitrogen and oxygen atoms in total. The number of terminal acetylenes is 1. The summed E-state index contributed by atoms with van der Waals surface area (Å²) in [6.45, 7) is 0.449. The highest BCUT2D eigenvalue weighted by atomic mass is 35.5. The van der Waals surface area contributed by atoms with Crippen LogP contribution in [0, 0.1) is 18.2 Å². The summed E-state index contributed by atoms with van der Waals surface area (Å²) in [5, 5.41) is 3.70. The van der Waals surface area contributed by atoms with Gasteiger partial charge in [-0.3, -0.25) is 0 Å². The molecule has 0 saturated carbocycles. The van der Waals surface area contributed by atoms with Crippen molar-refractivity contribution < 1.29 is 4.39 Å². The van der Waals surface area contributed by atoms with E-state index in [1.807, 2.05) is 24.3 Å². The highest BCUT2D eigenvalue weighted by molar-refractivity contribution is 6.31. The number of hydrogen-bond acceptors (Lipinski definition) is 1. The zero-order valence-electron chi connectivity index (χ0n) is 9.58. The molecule has 0 bridgehead atoms. The molecule has 0 radical (unpaired) electrons. The lowest BCUT2D eigenvalue weighted by Gasteiger charge is -2.08. The van der Waals surface area contributed by atoms with Crippen molar-refractivity contribution in [1.82, 2.24) is 0 Å². The van der Waals surface area contributed by atoms with Crippen LogP contribution in [0.4, 0.5) is 10.1 Å². The van der Waals surface area contributed by atoms with Crippen LogP contribution >= 0.6 is 11.6 Å². The van der Waals surface area contributed by atoms with Gasteiger partial charge in [-0.05, 0) is 42.0 Å². The molecule has 0 aliphatic heterocycles. The van der Waals surface area contributed by atoms with Crippen molar-refractivity contribution in [3.05, 3.63) is 64.4 Å². The Morgan fingerprint density at radius 1 is 1.22 bits per heavy atom. The molecule has 0 aliphatic rings. The normalized spacial score (nSPS) is 9.83. The van der Waals surface area contributed by atoms with Crippen LogP contribution in [0.3, 0.4) is 0 Å². The van der Waals surface area contributed by atoms with E-state index in [1.54, 1.807) is 6.07 Å². The summed E-state index contributed by atoms with van der Waals surface area (Å²) in [6, 6.07) is 11.8. The molecule has 0 fully saturated rings. The Morgan fingerprint density at radius 3 is 2.83 bits per heavy atom. The predicted octanol–water partition coefficient (Wildman–Crippen LogP) is 4.07. The van der Waals surface area contributed by atoms with Crippen LogP contribution in [-0.2, 0) is 6.54 Å². The van der Waals surface area contributed by atoms with Gasteiger partial charge in [-0.25, -0.2) is 4.39 Å². The fraction of sp³-hybridized carbons (Fsp3) is 0.0667. The first kappa shape index (κ1) is 12.5. The van der Waals surface area contributed by atoms with Gasteiger partial charge in [0.15, 0.2) is 0 Å². The van der Waals surface area contributed by atoms with E-state index in [-0.39, 0.29) is 5.82 Å². The molecule has 0 unspecified atom stereocenters. The van der Waals surface area contributed by atoms with Crippen LogP contribution in [0.15, 0.2) is 42.5 Å². The molecule has 0 spiro atoms. The molecular formula is C15H11ClFN. The topological polar surface area (TPSA) is 12.0 Å².